The van der Waals surface area contributed by atoms with Crippen LogP contribution in [-0.4, -0.2) is 42.1 Å². The quantitative estimate of drug-likeness (QED) is 0.185. The summed E-state index contributed by atoms with van der Waals surface area (Å²) < 4.78 is 19.1. The summed E-state index contributed by atoms with van der Waals surface area (Å²) in [6.07, 6.45) is 3.49. The average molecular weight is 563 g/mol. The molecule has 1 aromatic heterocycles. The zero-order valence-electron chi connectivity index (χ0n) is 18.7. The van der Waals surface area contributed by atoms with Crippen LogP contribution in [0.3, 0.4) is 0 Å². The lowest BCUT2D eigenvalue weighted by Crippen LogP contribution is -2.32. The number of benzene rings is 2. The minimum atomic E-state index is 0. The lowest BCUT2D eigenvalue weighted by Gasteiger charge is -2.15. The number of aromatic nitrogens is 2. The Hall–Kier alpha value is -2.95. The molecular weight excluding hydrogens is 533 g/mol. The molecule has 0 aliphatic carbocycles. The Kier molecular flexibility index (Phi) is 9.67. The van der Waals surface area contributed by atoms with Gasteiger partial charge in [-0.2, -0.15) is 5.10 Å². The molecule has 9 heteroatoms. The van der Waals surface area contributed by atoms with Gasteiger partial charge in [0.25, 0.3) is 0 Å². The predicted octanol–water partition coefficient (Wildman–Crippen LogP) is 4.23. The lowest BCUT2D eigenvalue weighted by molar-refractivity contribution is 0.297. The van der Waals surface area contributed by atoms with E-state index in [9.17, 15) is 0 Å². The van der Waals surface area contributed by atoms with Crippen LogP contribution in [0, 0.1) is 0 Å². The number of halogens is 1. The summed E-state index contributed by atoms with van der Waals surface area (Å²) in [4.78, 5) is 4.73. The molecule has 0 saturated heterocycles. The number of aryl methyl sites for hydroxylation is 1. The van der Waals surface area contributed by atoms with Crippen molar-refractivity contribution in [1.82, 2.24) is 15.1 Å². The Morgan fingerprint density at radius 3 is 2.70 bits per heavy atom. The van der Waals surface area contributed by atoms with Gasteiger partial charge >= 0.3 is 0 Å². The molecule has 0 saturated carbocycles. The second-order valence-corrected chi connectivity index (χ2v) is 7.39. The Morgan fingerprint density at radius 1 is 1.09 bits per heavy atom. The van der Waals surface area contributed by atoms with Crippen LogP contribution in [0.4, 0.5) is 5.69 Å². The summed E-state index contributed by atoms with van der Waals surface area (Å²) in [6, 6.07) is 17.6. The molecule has 176 valence electrons. The Bertz CT molecular complexity index is 1030. The molecular formula is C24H30IN5O3. The Labute approximate surface area is 211 Å². The van der Waals surface area contributed by atoms with Crippen molar-refractivity contribution >= 4 is 35.6 Å². The highest BCUT2D eigenvalue weighted by molar-refractivity contribution is 14.0. The fourth-order valence-electron chi connectivity index (χ4n) is 3.22. The molecule has 0 fully saturated rings. The highest BCUT2D eigenvalue weighted by Gasteiger charge is 2.11. The van der Waals surface area contributed by atoms with Gasteiger partial charge in [0.2, 0.25) is 0 Å². The van der Waals surface area contributed by atoms with E-state index in [4.69, 9.17) is 19.2 Å². The zero-order valence-corrected chi connectivity index (χ0v) is 21.0. The number of hydrogen-bond acceptors (Lipinski definition) is 5. The topological polar surface area (TPSA) is 81.9 Å². The molecule has 2 heterocycles. The normalized spacial score (nSPS) is 12.9. The van der Waals surface area contributed by atoms with Crippen LogP contribution in [0.2, 0.25) is 0 Å². The summed E-state index contributed by atoms with van der Waals surface area (Å²) in [7, 11) is 1.91. The van der Waals surface area contributed by atoms with E-state index in [2.05, 4.69) is 15.7 Å². The molecule has 2 aromatic carbocycles. The molecule has 0 amide bonds. The molecule has 0 spiro atoms. The number of fused-ring (bicyclic) bond motifs is 1. The Balaban J connectivity index is 0.00000306. The maximum Gasteiger partial charge on any atom is 0.196 e. The zero-order chi connectivity index (χ0) is 22.0. The number of nitrogens with one attached hydrogen (secondary N) is 2. The third-order valence-electron chi connectivity index (χ3n) is 4.96. The smallest absolute Gasteiger partial charge is 0.196 e. The van der Waals surface area contributed by atoms with Gasteiger partial charge in [-0.1, -0.05) is 18.2 Å². The molecule has 1 aliphatic heterocycles. The van der Waals surface area contributed by atoms with Crippen LogP contribution in [0.5, 0.6) is 17.2 Å². The third kappa shape index (κ3) is 7.55. The fraction of sp³-hybridized carbons (Fsp3) is 0.333. The largest absolute Gasteiger partial charge is 0.494 e. The van der Waals surface area contributed by atoms with E-state index in [1.54, 1.807) is 6.20 Å². The van der Waals surface area contributed by atoms with Crippen LogP contribution in [0.15, 0.2) is 65.8 Å². The van der Waals surface area contributed by atoms with Crippen LogP contribution < -0.4 is 24.8 Å². The van der Waals surface area contributed by atoms with Crippen molar-refractivity contribution in [3.8, 4) is 17.2 Å². The first kappa shape index (κ1) is 24.7. The van der Waals surface area contributed by atoms with Crippen molar-refractivity contribution in [2.45, 2.75) is 19.4 Å². The number of para-hydroxylation sites is 1. The highest BCUT2D eigenvalue weighted by Crippen LogP contribution is 2.32. The van der Waals surface area contributed by atoms with Gasteiger partial charge in [-0.05, 0) is 36.8 Å². The standard InChI is InChI=1S/C24H29N5O3.HI/c1-29-20(11-13-27-29)18-26-24(25-12-5-14-30-21-7-3-2-4-8-21)28-19-9-10-22-23(17-19)32-16-6-15-31-22;/h2-4,7-11,13,17H,5-6,12,14-16,18H2,1H3,(H2,25,26,28);1H. The first-order valence-corrected chi connectivity index (χ1v) is 10.9. The number of nitrogens with zero attached hydrogens (tertiary/aromatic N) is 3. The van der Waals surface area contributed by atoms with E-state index in [-0.39, 0.29) is 24.0 Å². The molecule has 3 aromatic rings. The number of guanidine groups is 1. The summed E-state index contributed by atoms with van der Waals surface area (Å²) in [5, 5.41) is 11.0. The van der Waals surface area contributed by atoms with E-state index in [0.717, 1.165) is 41.5 Å². The number of hydrogen-bond donors (Lipinski definition) is 2. The van der Waals surface area contributed by atoms with Crippen molar-refractivity contribution < 1.29 is 14.2 Å². The number of anilines is 1. The van der Waals surface area contributed by atoms with Gasteiger partial charge in [0.05, 0.1) is 32.1 Å². The van der Waals surface area contributed by atoms with Gasteiger partial charge < -0.3 is 24.8 Å². The van der Waals surface area contributed by atoms with Crippen molar-refractivity contribution in [1.29, 1.82) is 0 Å². The highest BCUT2D eigenvalue weighted by atomic mass is 127. The molecule has 4 rings (SSSR count). The maximum absolute atomic E-state index is 5.81. The average Bonchev–Trinajstić information content (AvgIpc) is 3.08. The van der Waals surface area contributed by atoms with Crippen molar-refractivity contribution in [2.75, 3.05) is 31.7 Å². The predicted molar refractivity (Wildman–Crippen MR) is 140 cm³/mol. The Morgan fingerprint density at radius 2 is 1.91 bits per heavy atom. The third-order valence-corrected chi connectivity index (χ3v) is 4.96. The minimum absolute atomic E-state index is 0. The van der Waals surface area contributed by atoms with Gasteiger partial charge in [0.1, 0.15) is 5.75 Å². The van der Waals surface area contributed by atoms with Crippen LogP contribution in [0.25, 0.3) is 0 Å². The summed E-state index contributed by atoms with van der Waals surface area (Å²) in [5.41, 5.74) is 1.91. The van der Waals surface area contributed by atoms with E-state index in [1.165, 1.54) is 0 Å². The van der Waals surface area contributed by atoms with E-state index < -0.39 is 0 Å². The summed E-state index contributed by atoms with van der Waals surface area (Å²) >= 11 is 0. The molecule has 0 atom stereocenters. The summed E-state index contributed by atoms with van der Waals surface area (Å²) in [6.45, 7) is 3.17. The molecule has 8 nitrogen and oxygen atoms in total. The van der Waals surface area contributed by atoms with Gasteiger partial charge in [-0.3, -0.25) is 4.68 Å². The lowest BCUT2D eigenvalue weighted by atomic mass is 10.2. The molecule has 1 aliphatic rings. The SMILES string of the molecule is Cn1nccc1CN=C(NCCCOc1ccccc1)Nc1ccc2c(c1)OCCCO2.I. The van der Waals surface area contributed by atoms with E-state index in [1.807, 2.05) is 66.3 Å². The first-order chi connectivity index (χ1) is 15.8. The van der Waals surface area contributed by atoms with Crippen molar-refractivity contribution in [3.63, 3.8) is 0 Å². The van der Waals surface area contributed by atoms with Crippen molar-refractivity contribution in [2.24, 2.45) is 12.0 Å². The number of aliphatic imine (C=N–C) groups is 1. The fourth-order valence-corrected chi connectivity index (χ4v) is 3.22. The van der Waals surface area contributed by atoms with Gasteiger partial charge in [-0.25, -0.2) is 4.99 Å². The maximum atomic E-state index is 5.81. The van der Waals surface area contributed by atoms with E-state index >= 15 is 0 Å². The number of ether oxygens (including phenoxy) is 3. The molecule has 0 bridgehead atoms. The van der Waals surface area contributed by atoms with Gasteiger partial charge in [-0.15, -0.1) is 24.0 Å². The van der Waals surface area contributed by atoms with Gasteiger partial charge in [0.15, 0.2) is 17.5 Å². The molecule has 0 unspecified atom stereocenters. The minimum Gasteiger partial charge on any atom is -0.494 e. The molecule has 2 N–H and O–H groups in total. The first-order valence-electron chi connectivity index (χ1n) is 10.9. The second-order valence-electron chi connectivity index (χ2n) is 7.39. The number of rotatable bonds is 8. The van der Waals surface area contributed by atoms with E-state index in [0.29, 0.717) is 38.9 Å². The van der Waals surface area contributed by atoms with Crippen molar-refractivity contribution in [3.05, 3.63) is 66.5 Å². The monoisotopic (exact) mass is 563 g/mol. The van der Waals surface area contributed by atoms with Crippen LogP contribution in [0.1, 0.15) is 18.5 Å². The van der Waals surface area contributed by atoms with Crippen LogP contribution in [-0.2, 0) is 13.6 Å². The van der Waals surface area contributed by atoms with Gasteiger partial charge in [0, 0.05) is 38.0 Å². The second kappa shape index (κ2) is 12.9. The molecule has 0 radical (unpaired) electrons. The molecule has 33 heavy (non-hydrogen) atoms. The summed E-state index contributed by atoms with van der Waals surface area (Å²) in [5.74, 6) is 3.07. The van der Waals surface area contributed by atoms with Crippen LogP contribution >= 0.6 is 24.0 Å².